The lowest BCUT2D eigenvalue weighted by Crippen LogP contribution is -2.27. The van der Waals surface area contributed by atoms with Crippen LogP contribution in [-0.4, -0.2) is 53.2 Å². The summed E-state index contributed by atoms with van der Waals surface area (Å²) in [5.41, 5.74) is 0.715. The minimum Gasteiger partial charge on any atom is -0.503 e. The van der Waals surface area contributed by atoms with Gasteiger partial charge in [-0.2, -0.15) is 0 Å². The number of rotatable bonds is 11. The standard InChI is InChI=1S/C18H33N3O2/c1-5-7-11-20(6-2)14-16-13-17(22)18(23)15-21(16)12-9-8-10-19(3)4/h13,15,23H,5-12,14H2,1-4H3. The van der Waals surface area contributed by atoms with Crippen LogP contribution in [0.15, 0.2) is 17.1 Å². The molecule has 23 heavy (non-hydrogen) atoms. The quantitative estimate of drug-likeness (QED) is 0.636. The summed E-state index contributed by atoms with van der Waals surface area (Å²) in [5, 5.41) is 9.75. The van der Waals surface area contributed by atoms with Gasteiger partial charge in [0.25, 0.3) is 0 Å². The molecule has 132 valence electrons. The lowest BCUT2D eigenvalue weighted by Gasteiger charge is -2.23. The number of aryl methyl sites for hydroxylation is 1. The first-order chi connectivity index (χ1) is 11.0. The van der Waals surface area contributed by atoms with Crippen LogP contribution in [0.5, 0.6) is 5.75 Å². The molecule has 0 saturated carbocycles. The molecule has 0 unspecified atom stereocenters. The molecule has 1 aromatic heterocycles. The maximum absolute atomic E-state index is 11.8. The maximum atomic E-state index is 11.8. The summed E-state index contributed by atoms with van der Waals surface area (Å²) in [6.07, 6.45) is 6.07. The number of aromatic nitrogens is 1. The van der Waals surface area contributed by atoms with Crippen LogP contribution in [0, 0.1) is 0 Å². The monoisotopic (exact) mass is 323 g/mol. The van der Waals surface area contributed by atoms with Crippen LogP contribution < -0.4 is 5.43 Å². The van der Waals surface area contributed by atoms with Crippen LogP contribution in [0.2, 0.25) is 0 Å². The summed E-state index contributed by atoms with van der Waals surface area (Å²) < 4.78 is 2.04. The van der Waals surface area contributed by atoms with Crippen LogP contribution in [-0.2, 0) is 13.1 Å². The van der Waals surface area contributed by atoms with Gasteiger partial charge < -0.3 is 14.6 Å². The van der Waals surface area contributed by atoms with Crippen LogP contribution in [0.4, 0.5) is 0 Å². The number of aromatic hydroxyl groups is 1. The highest BCUT2D eigenvalue weighted by atomic mass is 16.3. The first kappa shape index (κ1) is 19.7. The third-order valence-electron chi connectivity index (χ3n) is 4.11. The summed E-state index contributed by atoms with van der Waals surface area (Å²) in [4.78, 5) is 16.3. The Labute approximate surface area is 140 Å². The molecular formula is C18H33N3O2. The number of nitrogens with zero attached hydrogens (tertiary/aromatic N) is 3. The Kier molecular flexibility index (Phi) is 8.95. The fourth-order valence-electron chi connectivity index (χ4n) is 2.62. The van der Waals surface area contributed by atoms with Crippen molar-refractivity contribution in [1.29, 1.82) is 0 Å². The predicted molar refractivity (Wildman–Crippen MR) is 96.0 cm³/mol. The molecule has 1 rings (SSSR count). The average molecular weight is 323 g/mol. The molecule has 0 aliphatic heterocycles. The van der Waals surface area contributed by atoms with Gasteiger partial charge in [-0.05, 0) is 53.0 Å². The van der Waals surface area contributed by atoms with Crippen molar-refractivity contribution in [1.82, 2.24) is 14.4 Å². The van der Waals surface area contributed by atoms with E-state index < -0.39 is 0 Å². The van der Waals surface area contributed by atoms with Gasteiger partial charge in [-0.3, -0.25) is 9.69 Å². The van der Waals surface area contributed by atoms with E-state index in [0.717, 1.165) is 51.3 Å². The highest BCUT2D eigenvalue weighted by Gasteiger charge is 2.10. The van der Waals surface area contributed by atoms with Crippen molar-refractivity contribution in [3.63, 3.8) is 0 Å². The van der Waals surface area contributed by atoms with E-state index in [-0.39, 0.29) is 11.2 Å². The van der Waals surface area contributed by atoms with Gasteiger partial charge >= 0.3 is 0 Å². The van der Waals surface area contributed by atoms with Gasteiger partial charge in [0.15, 0.2) is 5.75 Å². The third-order valence-corrected chi connectivity index (χ3v) is 4.11. The average Bonchev–Trinajstić information content (AvgIpc) is 2.51. The van der Waals surface area contributed by atoms with E-state index in [4.69, 9.17) is 0 Å². The number of pyridine rings is 1. The van der Waals surface area contributed by atoms with Crippen LogP contribution in [0.25, 0.3) is 0 Å². The van der Waals surface area contributed by atoms with Gasteiger partial charge in [0.2, 0.25) is 5.43 Å². The molecule has 0 aliphatic carbocycles. The molecule has 5 heteroatoms. The van der Waals surface area contributed by atoms with Crippen LogP contribution >= 0.6 is 0 Å². The Morgan fingerprint density at radius 2 is 1.87 bits per heavy atom. The molecule has 0 aromatic carbocycles. The van der Waals surface area contributed by atoms with Crippen molar-refractivity contribution in [2.24, 2.45) is 0 Å². The van der Waals surface area contributed by atoms with Gasteiger partial charge in [0.05, 0.1) is 6.20 Å². The predicted octanol–water partition coefficient (Wildman–Crippen LogP) is 2.52. The smallest absolute Gasteiger partial charge is 0.223 e. The summed E-state index contributed by atoms with van der Waals surface area (Å²) in [5.74, 6) is -0.155. The fourth-order valence-corrected chi connectivity index (χ4v) is 2.62. The molecular weight excluding hydrogens is 290 g/mol. The summed E-state index contributed by atoms with van der Waals surface area (Å²) >= 11 is 0. The zero-order valence-corrected chi connectivity index (χ0v) is 15.2. The van der Waals surface area contributed by atoms with Crippen molar-refractivity contribution in [3.8, 4) is 5.75 Å². The zero-order chi connectivity index (χ0) is 17.2. The first-order valence-electron chi connectivity index (χ1n) is 8.77. The molecule has 1 aromatic rings. The summed E-state index contributed by atoms with van der Waals surface area (Å²) in [6, 6.07) is 1.59. The minimum absolute atomic E-state index is 0.155. The lowest BCUT2D eigenvalue weighted by molar-refractivity contribution is 0.266. The van der Waals surface area contributed by atoms with Crippen molar-refractivity contribution >= 4 is 0 Å². The van der Waals surface area contributed by atoms with Crippen molar-refractivity contribution in [2.45, 2.75) is 52.6 Å². The van der Waals surface area contributed by atoms with E-state index in [9.17, 15) is 9.90 Å². The summed E-state index contributed by atoms with van der Waals surface area (Å²) in [7, 11) is 4.15. The second-order valence-corrected chi connectivity index (χ2v) is 6.44. The Balaban J connectivity index is 2.78. The second kappa shape index (κ2) is 10.4. The van der Waals surface area contributed by atoms with Crippen LogP contribution in [0.3, 0.4) is 0 Å². The van der Waals surface area contributed by atoms with Gasteiger partial charge in [0, 0.05) is 24.8 Å². The summed E-state index contributed by atoms with van der Waals surface area (Å²) in [6.45, 7) is 9.00. The van der Waals surface area contributed by atoms with E-state index in [0.29, 0.717) is 0 Å². The molecule has 5 nitrogen and oxygen atoms in total. The van der Waals surface area contributed by atoms with Crippen LogP contribution in [0.1, 0.15) is 45.2 Å². The van der Waals surface area contributed by atoms with Crippen molar-refractivity contribution in [3.05, 3.63) is 28.2 Å². The Bertz CT molecular complexity index is 511. The van der Waals surface area contributed by atoms with E-state index in [1.807, 2.05) is 4.57 Å². The Morgan fingerprint density at radius 3 is 2.48 bits per heavy atom. The van der Waals surface area contributed by atoms with Crippen molar-refractivity contribution < 1.29 is 5.11 Å². The number of hydrogen-bond donors (Lipinski definition) is 1. The Hall–Kier alpha value is -1.33. The SMILES string of the molecule is CCCCN(CC)Cc1cc(=O)c(O)cn1CCCCN(C)C. The third kappa shape index (κ3) is 7.18. The fraction of sp³-hybridized carbons (Fsp3) is 0.722. The van der Waals surface area contributed by atoms with E-state index >= 15 is 0 Å². The molecule has 0 amide bonds. The lowest BCUT2D eigenvalue weighted by atomic mass is 10.2. The highest BCUT2D eigenvalue weighted by Crippen LogP contribution is 2.11. The molecule has 0 saturated heterocycles. The Morgan fingerprint density at radius 1 is 1.13 bits per heavy atom. The molecule has 0 radical (unpaired) electrons. The van der Waals surface area contributed by atoms with Gasteiger partial charge in [0.1, 0.15) is 0 Å². The number of hydrogen-bond acceptors (Lipinski definition) is 4. The molecule has 0 atom stereocenters. The largest absolute Gasteiger partial charge is 0.503 e. The number of unbranched alkanes of at least 4 members (excludes halogenated alkanes) is 2. The van der Waals surface area contributed by atoms with Crippen molar-refractivity contribution in [2.75, 3.05) is 33.7 Å². The second-order valence-electron chi connectivity index (χ2n) is 6.44. The molecule has 0 aliphatic rings. The topological polar surface area (TPSA) is 48.7 Å². The van der Waals surface area contributed by atoms with Gasteiger partial charge in [-0.25, -0.2) is 0 Å². The van der Waals surface area contributed by atoms with Gasteiger partial charge in [-0.1, -0.05) is 20.3 Å². The molecule has 1 N–H and O–H groups in total. The molecule has 1 heterocycles. The molecule has 0 fully saturated rings. The highest BCUT2D eigenvalue weighted by molar-refractivity contribution is 5.20. The minimum atomic E-state index is -0.281. The first-order valence-corrected chi connectivity index (χ1v) is 8.77. The van der Waals surface area contributed by atoms with Gasteiger partial charge in [-0.15, -0.1) is 0 Å². The zero-order valence-electron chi connectivity index (χ0n) is 15.2. The molecule has 0 bridgehead atoms. The van der Waals surface area contributed by atoms with E-state index in [1.165, 1.54) is 12.8 Å². The normalized spacial score (nSPS) is 11.6. The van der Waals surface area contributed by atoms with E-state index in [1.54, 1.807) is 12.3 Å². The maximum Gasteiger partial charge on any atom is 0.223 e. The molecule has 0 spiro atoms. The van der Waals surface area contributed by atoms with E-state index in [2.05, 4.69) is 37.7 Å².